The quantitative estimate of drug-likeness (QED) is 0.335. The van der Waals surface area contributed by atoms with Gasteiger partial charge < -0.3 is 38.6 Å². The number of carbonyl (C=O) groups is 2. The van der Waals surface area contributed by atoms with E-state index in [1.165, 1.54) is 0 Å². The third-order valence-corrected chi connectivity index (χ3v) is 7.76. The lowest BCUT2D eigenvalue weighted by atomic mass is 9.86. The number of rotatable bonds is 12. The van der Waals surface area contributed by atoms with Gasteiger partial charge in [-0.1, -0.05) is 52.0 Å². The van der Waals surface area contributed by atoms with Crippen LogP contribution >= 0.6 is 0 Å². The lowest BCUT2D eigenvalue weighted by molar-refractivity contribution is -0.337. The van der Waals surface area contributed by atoms with Crippen LogP contribution in [-0.4, -0.2) is 74.4 Å². The number of ether oxygens (including phenoxy) is 6. The fourth-order valence-electron chi connectivity index (χ4n) is 4.89. The van der Waals surface area contributed by atoms with Crippen LogP contribution in [-0.2, 0) is 50.9 Å². The van der Waals surface area contributed by atoms with Crippen molar-refractivity contribution in [3.63, 3.8) is 0 Å². The van der Waals surface area contributed by atoms with Crippen molar-refractivity contribution in [3.05, 3.63) is 59.7 Å². The maximum absolute atomic E-state index is 12.3. The number of aromatic hydroxyl groups is 2. The van der Waals surface area contributed by atoms with Crippen LogP contribution in [0.5, 0.6) is 11.5 Å². The van der Waals surface area contributed by atoms with Crippen LogP contribution in [0, 0.1) is 16.2 Å². The zero-order valence-electron chi connectivity index (χ0n) is 25.5. The van der Waals surface area contributed by atoms with Gasteiger partial charge in [0.25, 0.3) is 0 Å². The lowest BCUT2D eigenvalue weighted by Gasteiger charge is -2.48. The van der Waals surface area contributed by atoms with Crippen LogP contribution in [0.25, 0.3) is 0 Å². The molecule has 2 aromatic carbocycles. The van der Waals surface area contributed by atoms with Crippen molar-refractivity contribution in [2.24, 2.45) is 16.2 Å². The second kappa shape index (κ2) is 14.1. The van der Waals surface area contributed by atoms with Crippen molar-refractivity contribution in [3.8, 4) is 11.5 Å². The molecule has 2 aliphatic heterocycles. The van der Waals surface area contributed by atoms with Gasteiger partial charge in [-0.25, -0.2) is 0 Å². The number of phenolic OH excluding ortho intramolecular Hbond substituents is 2. The molecule has 10 heteroatoms. The van der Waals surface area contributed by atoms with Gasteiger partial charge in [-0.2, -0.15) is 0 Å². The molecule has 10 nitrogen and oxygen atoms in total. The second-order valence-electron chi connectivity index (χ2n) is 13.0. The first-order chi connectivity index (χ1) is 20.4. The molecule has 2 fully saturated rings. The van der Waals surface area contributed by atoms with Crippen molar-refractivity contribution in [1.29, 1.82) is 0 Å². The summed E-state index contributed by atoms with van der Waals surface area (Å²) in [6, 6.07) is 13.5. The molecule has 0 radical (unpaired) electrons. The summed E-state index contributed by atoms with van der Waals surface area (Å²) in [4.78, 5) is 24.7. The molecule has 236 valence electrons. The molecule has 2 aromatic rings. The Morgan fingerprint density at radius 2 is 1.00 bits per heavy atom. The summed E-state index contributed by atoms with van der Waals surface area (Å²) in [6.07, 6.45) is 0.416. The summed E-state index contributed by atoms with van der Waals surface area (Å²) in [5.74, 6) is -0.233. The van der Waals surface area contributed by atoms with Gasteiger partial charge in [-0.15, -0.1) is 0 Å². The van der Waals surface area contributed by atoms with E-state index in [0.29, 0.717) is 39.3 Å². The molecular formula is C33H44O10. The van der Waals surface area contributed by atoms with E-state index in [4.69, 9.17) is 28.4 Å². The average molecular weight is 601 g/mol. The third kappa shape index (κ3) is 9.40. The van der Waals surface area contributed by atoms with E-state index in [-0.39, 0.29) is 49.5 Å². The molecule has 2 saturated heterocycles. The highest BCUT2D eigenvalue weighted by molar-refractivity contribution is 5.70. The van der Waals surface area contributed by atoms with Crippen LogP contribution in [0.15, 0.2) is 48.5 Å². The number of carbonyl (C=O) groups excluding carboxylic acids is 2. The first-order valence-corrected chi connectivity index (χ1v) is 14.7. The molecule has 4 rings (SSSR count). The van der Waals surface area contributed by atoms with E-state index in [0.717, 1.165) is 11.1 Å². The van der Waals surface area contributed by atoms with E-state index in [1.54, 1.807) is 48.5 Å². The molecule has 2 aliphatic rings. The summed E-state index contributed by atoms with van der Waals surface area (Å²) in [5.41, 5.74) is 0.305. The molecule has 2 N–H and O–H groups in total. The highest BCUT2D eigenvalue weighted by Crippen LogP contribution is 2.38. The summed E-state index contributed by atoms with van der Waals surface area (Å²) >= 11 is 0. The van der Waals surface area contributed by atoms with Gasteiger partial charge in [0.15, 0.2) is 12.6 Å². The molecule has 1 spiro atoms. The van der Waals surface area contributed by atoms with E-state index < -0.39 is 28.8 Å². The Labute approximate surface area is 253 Å². The Morgan fingerprint density at radius 3 is 1.33 bits per heavy atom. The maximum Gasteiger partial charge on any atom is 0.306 e. The second-order valence-corrected chi connectivity index (χ2v) is 13.0. The van der Waals surface area contributed by atoms with Gasteiger partial charge in [0.1, 0.15) is 24.7 Å². The van der Waals surface area contributed by atoms with Gasteiger partial charge >= 0.3 is 11.9 Å². The minimum atomic E-state index is -0.567. The number of hydrogen-bond donors (Lipinski definition) is 2. The Kier molecular flexibility index (Phi) is 10.7. The minimum Gasteiger partial charge on any atom is -0.508 e. The Bertz CT molecular complexity index is 1090. The molecule has 0 aliphatic carbocycles. The maximum atomic E-state index is 12.3. The highest BCUT2D eigenvalue weighted by Gasteiger charge is 2.48. The van der Waals surface area contributed by atoms with Crippen LogP contribution in [0.1, 0.15) is 51.7 Å². The summed E-state index contributed by atoms with van der Waals surface area (Å²) in [5, 5.41) is 18.8. The lowest BCUT2D eigenvalue weighted by Crippen LogP contribution is -2.57. The third-order valence-electron chi connectivity index (χ3n) is 7.76. The smallest absolute Gasteiger partial charge is 0.306 e. The van der Waals surface area contributed by atoms with Gasteiger partial charge in [-0.3, -0.25) is 9.59 Å². The number of aryl methyl sites for hydroxylation is 2. The summed E-state index contributed by atoms with van der Waals surface area (Å²) < 4.78 is 35.5. The van der Waals surface area contributed by atoms with Crippen molar-refractivity contribution >= 4 is 11.9 Å². The predicted molar refractivity (Wildman–Crippen MR) is 156 cm³/mol. The van der Waals surface area contributed by atoms with Gasteiger partial charge in [0, 0.05) is 23.7 Å². The zero-order chi connectivity index (χ0) is 31.1. The first-order valence-electron chi connectivity index (χ1n) is 14.7. The van der Waals surface area contributed by atoms with Crippen molar-refractivity contribution in [2.45, 2.75) is 66.0 Å². The van der Waals surface area contributed by atoms with Crippen molar-refractivity contribution < 1.29 is 48.2 Å². The molecule has 0 unspecified atom stereocenters. The Morgan fingerprint density at radius 1 is 0.674 bits per heavy atom. The van der Waals surface area contributed by atoms with E-state index in [2.05, 4.69) is 0 Å². The molecule has 0 saturated carbocycles. The molecule has 0 bridgehead atoms. The normalized spacial score (nSPS) is 22.7. The van der Waals surface area contributed by atoms with Crippen LogP contribution in [0.2, 0.25) is 0 Å². The number of benzene rings is 2. The monoisotopic (exact) mass is 600 g/mol. The Balaban J connectivity index is 1.15. The zero-order valence-corrected chi connectivity index (χ0v) is 25.5. The molecule has 0 aromatic heterocycles. The number of hydrogen-bond acceptors (Lipinski definition) is 10. The molecular weight excluding hydrogens is 556 g/mol. The van der Waals surface area contributed by atoms with Crippen molar-refractivity contribution in [2.75, 3.05) is 39.6 Å². The van der Waals surface area contributed by atoms with E-state index in [1.807, 2.05) is 27.7 Å². The van der Waals surface area contributed by atoms with Crippen LogP contribution in [0.3, 0.4) is 0 Å². The summed E-state index contributed by atoms with van der Waals surface area (Å²) in [6.45, 7) is 9.51. The Hall–Kier alpha value is -3.18. The molecule has 2 heterocycles. The fraction of sp³-hybridized carbons (Fsp3) is 0.576. The van der Waals surface area contributed by atoms with Gasteiger partial charge in [0.2, 0.25) is 0 Å². The number of phenols is 2. The predicted octanol–water partition coefficient (Wildman–Crippen LogP) is 4.53. The average Bonchev–Trinajstić information content (AvgIpc) is 2.99. The topological polar surface area (TPSA) is 130 Å². The molecule has 43 heavy (non-hydrogen) atoms. The minimum absolute atomic E-state index is 0.149. The molecule has 0 atom stereocenters. The standard InChI is InChI=1S/C33H44O10/c1-31(2,17-38-27(36)15-9-23-5-11-25(34)12-6-23)29-40-19-33(20-41-29)21-42-30(43-22-33)32(3,4)18-39-28(37)16-10-24-7-13-26(35)14-8-24/h5-8,11-14,29-30,34-35H,9-10,15-22H2,1-4H3. The largest absolute Gasteiger partial charge is 0.508 e. The van der Waals surface area contributed by atoms with Crippen LogP contribution < -0.4 is 0 Å². The van der Waals surface area contributed by atoms with Gasteiger partial charge in [-0.05, 0) is 48.2 Å². The van der Waals surface area contributed by atoms with Crippen LogP contribution in [0.4, 0.5) is 0 Å². The SMILES string of the molecule is CC(C)(COC(=O)CCc1ccc(O)cc1)C1OCC2(CO1)COC(C(C)(C)COC(=O)CCc1ccc(O)cc1)OC2. The van der Waals surface area contributed by atoms with Crippen molar-refractivity contribution in [1.82, 2.24) is 0 Å². The first kappa shape index (κ1) is 32.7. The summed E-state index contributed by atoms with van der Waals surface area (Å²) in [7, 11) is 0. The van der Waals surface area contributed by atoms with Gasteiger partial charge in [0.05, 0.1) is 31.8 Å². The molecule has 0 amide bonds. The fourth-order valence-corrected chi connectivity index (χ4v) is 4.89. The van der Waals surface area contributed by atoms with E-state index >= 15 is 0 Å². The highest BCUT2D eigenvalue weighted by atomic mass is 16.7. The number of esters is 2. The van der Waals surface area contributed by atoms with E-state index in [9.17, 15) is 19.8 Å².